The number of nitrogens with two attached hydrogens (primary N) is 1. The average Bonchev–Trinajstić information content (AvgIpc) is 2.72. The van der Waals surface area contributed by atoms with E-state index in [-0.39, 0.29) is 11.7 Å². The molecule has 0 bridgehead atoms. The molecular formula is C11H20N4O2S. The van der Waals surface area contributed by atoms with Gasteiger partial charge in [-0.2, -0.15) is 0 Å². The number of hydrogen-bond donors (Lipinski definition) is 2. The van der Waals surface area contributed by atoms with Gasteiger partial charge >= 0.3 is 0 Å². The number of aromatic nitrogens is 1. The molecule has 7 heteroatoms. The second-order valence-corrected chi connectivity index (χ2v) is 4.86. The van der Waals surface area contributed by atoms with Crippen molar-refractivity contribution in [3.8, 4) is 0 Å². The number of rotatable bonds is 7. The predicted octanol–water partition coefficient (Wildman–Crippen LogP) is 0.948. The molecule has 0 saturated carbocycles. The number of carbonyl (C=O) groups is 1. The van der Waals surface area contributed by atoms with Crippen LogP contribution in [0, 0.1) is 0 Å². The molecule has 6 nitrogen and oxygen atoms in total. The lowest BCUT2D eigenvalue weighted by atomic mass is 10.4. The zero-order valence-corrected chi connectivity index (χ0v) is 11.8. The molecule has 0 spiro atoms. The minimum absolute atomic E-state index is 0.196. The fraction of sp³-hybridized carbons (Fsp3) is 0.636. The maximum Gasteiger partial charge on any atom is 0.265 e. The van der Waals surface area contributed by atoms with Crippen molar-refractivity contribution in [1.82, 2.24) is 10.3 Å². The minimum atomic E-state index is -0.196. The van der Waals surface area contributed by atoms with Gasteiger partial charge in [-0.25, -0.2) is 4.98 Å². The lowest BCUT2D eigenvalue weighted by Gasteiger charge is -2.13. The number of nitrogens with zero attached hydrogens (tertiary/aromatic N) is 2. The quantitative estimate of drug-likeness (QED) is 0.722. The molecule has 102 valence electrons. The van der Waals surface area contributed by atoms with Gasteiger partial charge in [-0.15, -0.1) is 0 Å². The first-order valence-electron chi connectivity index (χ1n) is 5.84. The van der Waals surface area contributed by atoms with Crippen LogP contribution in [0.25, 0.3) is 0 Å². The highest BCUT2D eigenvalue weighted by molar-refractivity contribution is 7.18. The Morgan fingerprint density at radius 3 is 2.94 bits per heavy atom. The lowest BCUT2D eigenvalue weighted by Crippen LogP contribution is -2.26. The zero-order chi connectivity index (χ0) is 13.5. The van der Waals surface area contributed by atoms with Crippen LogP contribution in [-0.2, 0) is 4.74 Å². The van der Waals surface area contributed by atoms with E-state index in [0.717, 1.165) is 18.1 Å². The first-order chi connectivity index (χ1) is 8.60. The summed E-state index contributed by atoms with van der Waals surface area (Å²) in [5.41, 5.74) is 5.76. The SMILES string of the molecule is CCCN(C)c1nc(N)c(C(=O)NCCOC)s1. The molecule has 1 amide bonds. The molecule has 0 saturated heterocycles. The number of thiazole rings is 1. The van der Waals surface area contributed by atoms with Gasteiger partial charge in [0.25, 0.3) is 5.91 Å². The van der Waals surface area contributed by atoms with Gasteiger partial charge in [0.05, 0.1) is 6.61 Å². The van der Waals surface area contributed by atoms with Crippen molar-refractivity contribution in [1.29, 1.82) is 0 Å². The van der Waals surface area contributed by atoms with E-state index in [2.05, 4.69) is 17.2 Å². The summed E-state index contributed by atoms with van der Waals surface area (Å²) < 4.78 is 4.87. The number of carbonyl (C=O) groups excluding carboxylic acids is 1. The van der Waals surface area contributed by atoms with Gasteiger partial charge in [-0.05, 0) is 6.42 Å². The second-order valence-electron chi connectivity index (χ2n) is 3.88. The minimum Gasteiger partial charge on any atom is -0.383 e. The summed E-state index contributed by atoms with van der Waals surface area (Å²) in [5, 5.41) is 3.50. The summed E-state index contributed by atoms with van der Waals surface area (Å²) in [4.78, 5) is 18.5. The number of nitrogen functional groups attached to an aromatic ring is 1. The number of amides is 1. The molecular weight excluding hydrogens is 252 g/mol. The van der Waals surface area contributed by atoms with E-state index in [4.69, 9.17) is 10.5 Å². The van der Waals surface area contributed by atoms with Gasteiger partial charge in [0.1, 0.15) is 10.7 Å². The zero-order valence-electron chi connectivity index (χ0n) is 11.0. The summed E-state index contributed by atoms with van der Waals surface area (Å²) in [5.74, 6) is 0.0890. The van der Waals surface area contributed by atoms with Gasteiger partial charge in [0.15, 0.2) is 5.13 Å². The Kier molecular flexibility index (Phi) is 5.87. The maximum atomic E-state index is 11.8. The van der Waals surface area contributed by atoms with Crippen molar-refractivity contribution < 1.29 is 9.53 Å². The highest BCUT2D eigenvalue weighted by Gasteiger charge is 2.17. The normalized spacial score (nSPS) is 10.4. The van der Waals surface area contributed by atoms with Crippen LogP contribution in [0.3, 0.4) is 0 Å². The molecule has 18 heavy (non-hydrogen) atoms. The highest BCUT2D eigenvalue weighted by Crippen LogP contribution is 2.27. The summed E-state index contributed by atoms with van der Waals surface area (Å²) in [6.07, 6.45) is 1.02. The van der Waals surface area contributed by atoms with Crippen molar-refractivity contribution in [2.45, 2.75) is 13.3 Å². The fourth-order valence-corrected chi connectivity index (χ4v) is 2.31. The smallest absolute Gasteiger partial charge is 0.265 e. The lowest BCUT2D eigenvalue weighted by molar-refractivity contribution is 0.0942. The van der Waals surface area contributed by atoms with E-state index in [0.29, 0.717) is 18.0 Å². The van der Waals surface area contributed by atoms with E-state index in [9.17, 15) is 4.79 Å². The van der Waals surface area contributed by atoms with E-state index < -0.39 is 0 Å². The van der Waals surface area contributed by atoms with Crippen molar-refractivity contribution in [3.05, 3.63) is 4.88 Å². The largest absolute Gasteiger partial charge is 0.383 e. The molecule has 0 unspecified atom stereocenters. The van der Waals surface area contributed by atoms with Crippen molar-refractivity contribution >= 4 is 28.2 Å². The van der Waals surface area contributed by atoms with Crippen LogP contribution in [0.1, 0.15) is 23.0 Å². The predicted molar refractivity (Wildman–Crippen MR) is 74.3 cm³/mol. The average molecular weight is 272 g/mol. The molecule has 1 aromatic rings. The Hall–Kier alpha value is -1.34. The third-order valence-corrected chi connectivity index (χ3v) is 3.51. The van der Waals surface area contributed by atoms with Crippen LogP contribution in [0.2, 0.25) is 0 Å². The monoisotopic (exact) mass is 272 g/mol. The van der Waals surface area contributed by atoms with Crippen LogP contribution >= 0.6 is 11.3 Å². The van der Waals surface area contributed by atoms with Crippen LogP contribution in [0.5, 0.6) is 0 Å². The van der Waals surface area contributed by atoms with Crippen LogP contribution < -0.4 is 16.0 Å². The molecule has 1 aromatic heterocycles. The van der Waals surface area contributed by atoms with Gasteiger partial charge in [0.2, 0.25) is 0 Å². The Morgan fingerprint density at radius 2 is 2.33 bits per heavy atom. The summed E-state index contributed by atoms with van der Waals surface area (Å²) in [7, 11) is 3.53. The van der Waals surface area contributed by atoms with Gasteiger partial charge in [0, 0.05) is 27.2 Å². The molecule has 0 atom stereocenters. The van der Waals surface area contributed by atoms with Gasteiger partial charge in [-0.1, -0.05) is 18.3 Å². The molecule has 3 N–H and O–H groups in total. The first-order valence-corrected chi connectivity index (χ1v) is 6.66. The van der Waals surface area contributed by atoms with Crippen LogP contribution in [0.15, 0.2) is 0 Å². The number of methoxy groups -OCH3 is 1. The van der Waals surface area contributed by atoms with E-state index >= 15 is 0 Å². The molecule has 0 fully saturated rings. The van der Waals surface area contributed by atoms with Crippen molar-refractivity contribution in [2.24, 2.45) is 0 Å². The Morgan fingerprint density at radius 1 is 1.61 bits per heavy atom. The first kappa shape index (κ1) is 14.7. The van der Waals surface area contributed by atoms with Crippen molar-refractivity contribution in [2.75, 3.05) is 44.5 Å². The van der Waals surface area contributed by atoms with Crippen LogP contribution in [-0.4, -0.2) is 44.7 Å². The van der Waals surface area contributed by atoms with E-state index in [1.807, 2.05) is 11.9 Å². The number of nitrogens with one attached hydrogen (secondary N) is 1. The Balaban J connectivity index is 2.68. The van der Waals surface area contributed by atoms with E-state index in [1.54, 1.807) is 7.11 Å². The van der Waals surface area contributed by atoms with Gasteiger partial charge < -0.3 is 20.7 Å². The molecule has 0 aromatic carbocycles. The van der Waals surface area contributed by atoms with Gasteiger partial charge in [-0.3, -0.25) is 4.79 Å². The standard InChI is InChI=1S/C11H20N4O2S/c1-4-6-15(2)11-14-9(12)8(18-11)10(16)13-5-7-17-3/h4-7,12H2,1-3H3,(H,13,16). The topological polar surface area (TPSA) is 80.5 Å². The molecule has 0 aliphatic rings. The van der Waals surface area contributed by atoms with Crippen LogP contribution in [0.4, 0.5) is 10.9 Å². The molecule has 1 heterocycles. The second kappa shape index (κ2) is 7.17. The third-order valence-electron chi connectivity index (χ3n) is 2.33. The molecule has 0 aliphatic heterocycles. The fourth-order valence-electron chi connectivity index (χ4n) is 1.42. The summed E-state index contributed by atoms with van der Waals surface area (Å²) >= 11 is 1.31. The molecule has 0 radical (unpaired) electrons. The number of ether oxygens (including phenoxy) is 1. The number of hydrogen-bond acceptors (Lipinski definition) is 6. The third kappa shape index (κ3) is 3.85. The highest BCUT2D eigenvalue weighted by atomic mass is 32.1. The number of anilines is 2. The van der Waals surface area contributed by atoms with Crippen molar-refractivity contribution in [3.63, 3.8) is 0 Å². The molecule has 1 rings (SSSR count). The Labute approximate surface area is 111 Å². The summed E-state index contributed by atoms with van der Waals surface area (Å²) in [6.45, 7) is 3.92. The maximum absolute atomic E-state index is 11.8. The molecule has 0 aliphatic carbocycles. The van der Waals surface area contributed by atoms with E-state index in [1.165, 1.54) is 11.3 Å². The summed E-state index contributed by atoms with van der Waals surface area (Å²) in [6, 6.07) is 0. The Bertz CT molecular complexity index is 394.